The van der Waals surface area contributed by atoms with Gasteiger partial charge in [-0.1, -0.05) is 0 Å². The first-order valence-electron chi connectivity index (χ1n) is 8.97. The normalized spacial score (nSPS) is 14.3. The molecule has 0 saturated heterocycles. The highest BCUT2D eigenvalue weighted by Gasteiger charge is 2.32. The lowest BCUT2D eigenvalue weighted by Crippen LogP contribution is -2.26. The second-order valence-electron chi connectivity index (χ2n) is 7.02. The van der Waals surface area contributed by atoms with E-state index in [-0.39, 0.29) is 18.1 Å². The van der Waals surface area contributed by atoms with Crippen LogP contribution in [0.15, 0.2) is 48.2 Å². The number of aliphatic hydroxyl groups excluding tert-OH is 1. The fourth-order valence-corrected chi connectivity index (χ4v) is 3.50. The molecule has 0 saturated carbocycles. The number of aromatic nitrogens is 2. The van der Waals surface area contributed by atoms with E-state index in [0.29, 0.717) is 11.4 Å². The number of hydrogen-bond acceptors (Lipinski definition) is 5. The molecule has 0 bridgehead atoms. The van der Waals surface area contributed by atoms with Crippen LogP contribution in [0.4, 0.5) is 11.4 Å². The maximum Gasteiger partial charge on any atom is 0.148 e. The van der Waals surface area contributed by atoms with Crippen molar-refractivity contribution < 1.29 is 9.84 Å². The number of aliphatic hydroxyl groups is 1. The number of hydrogen-bond donors (Lipinski definition) is 2. The summed E-state index contributed by atoms with van der Waals surface area (Å²) in [6, 6.07) is 13.6. The van der Waals surface area contributed by atoms with Gasteiger partial charge in [0.2, 0.25) is 0 Å². The molecule has 0 unspecified atom stereocenters. The van der Waals surface area contributed by atoms with E-state index < -0.39 is 0 Å². The van der Waals surface area contributed by atoms with Crippen molar-refractivity contribution in [3.05, 3.63) is 54.0 Å². The summed E-state index contributed by atoms with van der Waals surface area (Å²) in [6.45, 7) is 0.252. The molecular formula is C21H23N5O2. The molecule has 0 amide bonds. The minimum absolute atomic E-state index is 0.145. The van der Waals surface area contributed by atoms with Crippen molar-refractivity contribution in [1.82, 2.24) is 9.55 Å². The average Bonchev–Trinajstić information content (AvgIpc) is 3.17. The van der Waals surface area contributed by atoms with Gasteiger partial charge in [-0.2, -0.15) is 0 Å². The van der Waals surface area contributed by atoms with Gasteiger partial charge < -0.3 is 24.2 Å². The standard InChI is InChI=1S/C21H23N5O2/c1-24(2)13-5-7-14(8-6-13)26-12-18(27)19(20(26)22)21-23-16-11-15(28-4)9-10-17(16)25(21)3/h5-11,22,27H,12H2,1-4H3. The van der Waals surface area contributed by atoms with Crippen LogP contribution in [0.2, 0.25) is 0 Å². The lowest BCUT2D eigenvalue weighted by molar-refractivity contribution is 0.411. The van der Waals surface area contributed by atoms with Crippen LogP contribution in [0.3, 0.4) is 0 Å². The van der Waals surface area contributed by atoms with Gasteiger partial charge in [0.1, 0.15) is 23.2 Å². The number of aryl methyl sites for hydroxylation is 1. The number of anilines is 2. The Bertz CT molecular complexity index is 1100. The number of ether oxygens (including phenoxy) is 1. The van der Waals surface area contributed by atoms with Gasteiger partial charge in [0.15, 0.2) is 0 Å². The molecule has 1 aromatic heterocycles. The SMILES string of the molecule is COc1ccc2c(c1)nc(C1=C(O)CN(c3ccc(N(C)C)cc3)C1=N)n2C. The Morgan fingerprint density at radius 2 is 1.86 bits per heavy atom. The first-order chi connectivity index (χ1) is 13.4. The van der Waals surface area contributed by atoms with Gasteiger partial charge in [-0.3, -0.25) is 5.41 Å². The highest BCUT2D eigenvalue weighted by atomic mass is 16.5. The van der Waals surface area contributed by atoms with Crippen LogP contribution in [-0.2, 0) is 7.05 Å². The average molecular weight is 377 g/mol. The molecule has 0 fully saturated rings. The minimum Gasteiger partial charge on any atom is -0.509 e. The Labute approximate surface area is 163 Å². The fraction of sp³-hybridized carbons (Fsp3) is 0.238. The summed E-state index contributed by atoms with van der Waals surface area (Å²) in [4.78, 5) is 8.46. The Balaban J connectivity index is 1.71. The maximum atomic E-state index is 10.6. The Kier molecular flexibility index (Phi) is 4.22. The molecule has 2 N–H and O–H groups in total. The predicted molar refractivity (Wildman–Crippen MR) is 113 cm³/mol. The summed E-state index contributed by atoms with van der Waals surface area (Å²) in [5.41, 5.74) is 4.07. The van der Waals surface area contributed by atoms with Crippen molar-refractivity contribution in [3.63, 3.8) is 0 Å². The van der Waals surface area contributed by atoms with Gasteiger partial charge >= 0.3 is 0 Å². The van der Waals surface area contributed by atoms with Gasteiger partial charge in [-0.25, -0.2) is 4.98 Å². The second-order valence-corrected chi connectivity index (χ2v) is 7.02. The van der Waals surface area contributed by atoms with E-state index in [9.17, 15) is 5.11 Å². The van der Waals surface area contributed by atoms with Crippen LogP contribution in [-0.4, -0.2) is 48.2 Å². The van der Waals surface area contributed by atoms with Crippen LogP contribution >= 0.6 is 0 Å². The van der Waals surface area contributed by atoms with Crippen LogP contribution < -0.4 is 14.5 Å². The monoisotopic (exact) mass is 377 g/mol. The summed E-state index contributed by atoms with van der Waals surface area (Å²) < 4.78 is 7.17. The molecule has 1 aliphatic rings. The third-order valence-electron chi connectivity index (χ3n) is 5.09. The topological polar surface area (TPSA) is 77.6 Å². The number of nitrogens with zero attached hydrogens (tertiary/aromatic N) is 4. The van der Waals surface area contributed by atoms with Crippen molar-refractivity contribution in [3.8, 4) is 5.75 Å². The smallest absolute Gasteiger partial charge is 0.148 e. The molecular weight excluding hydrogens is 354 g/mol. The summed E-state index contributed by atoms with van der Waals surface area (Å²) in [7, 11) is 7.48. The van der Waals surface area contributed by atoms with Crippen molar-refractivity contribution in [1.29, 1.82) is 5.41 Å². The summed E-state index contributed by atoms with van der Waals surface area (Å²) in [5, 5.41) is 19.3. The third-order valence-corrected chi connectivity index (χ3v) is 5.09. The molecule has 7 nitrogen and oxygen atoms in total. The zero-order valence-corrected chi connectivity index (χ0v) is 16.4. The third kappa shape index (κ3) is 2.76. The van der Waals surface area contributed by atoms with Crippen molar-refractivity contribution in [2.24, 2.45) is 7.05 Å². The molecule has 4 rings (SSSR count). The van der Waals surface area contributed by atoms with Crippen LogP contribution in [0.25, 0.3) is 16.6 Å². The van der Waals surface area contributed by atoms with Crippen LogP contribution in [0.1, 0.15) is 5.82 Å². The second kappa shape index (κ2) is 6.60. The number of fused-ring (bicyclic) bond motifs is 1. The van der Waals surface area contributed by atoms with Crippen LogP contribution in [0.5, 0.6) is 5.75 Å². The number of benzene rings is 2. The molecule has 3 aromatic rings. The number of amidine groups is 1. The highest BCUT2D eigenvalue weighted by Crippen LogP contribution is 2.33. The Morgan fingerprint density at radius 3 is 2.50 bits per heavy atom. The molecule has 0 aliphatic carbocycles. The van der Waals surface area contributed by atoms with E-state index in [1.54, 1.807) is 12.0 Å². The van der Waals surface area contributed by atoms with Crippen LogP contribution in [0, 0.1) is 5.41 Å². The summed E-state index contributed by atoms with van der Waals surface area (Å²) >= 11 is 0. The van der Waals surface area contributed by atoms with E-state index in [4.69, 9.17) is 10.1 Å². The lowest BCUT2D eigenvalue weighted by Gasteiger charge is -2.20. The minimum atomic E-state index is 0.145. The highest BCUT2D eigenvalue weighted by molar-refractivity contribution is 6.30. The van der Waals surface area contributed by atoms with E-state index in [0.717, 1.165) is 28.2 Å². The molecule has 7 heteroatoms. The van der Waals surface area contributed by atoms with Crippen molar-refractivity contribution in [2.75, 3.05) is 37.5 Å². The lowest BCUT2D eigenvalue weighted by atomic mass is 10.2. The van der Waals surface area contributed by atoms with Gasteiger partial charge in [0, 0.05) is 38.6 Å². The fourth-order valence-electron chi connectivity index (χ4n) is 3.50. The first-order valence-corrected chi connectivity index (χ1v) is 8.97. The summed E-state index contributed by atoms with van der Waals surface area (Å²) in [6.07, 6.45) is 0. The molecule has 2 heterocycles. The zero-order valence-electron chi connectivity index (χ0n) is 16.4. The van der Waals surface area contributed by atoms with E-state index in [1.807, 2.05) is 73.1 Å². The summed E-state index contributed by atoms with van der Waals surface area (Å²) in [5.74, 6) is 1.67. The first kappa shape index (κ1) is 17.9. The molecule has 144 valence electrons. The van der Waals surface area contributed by atoms with E-state index in [1.165, 1.54) is 0 Å². The molecule has 1 aliphatic heterocycles. The largest absolute Gasteiger partial charge is 0.509 e. The van der Waals surface area contributed by atoms with Gasteiger partial charge in [-0.15, -0.1) is 0 Å². The molecule has 28 heavy (non-hydrogen) atoms. The molecule has 2 aromatic carbocycles. The van der Waals surface area contributed by atoms with E-state index in [2.05, 4.69) is 4.98 Å². The van der Waals surface area contributed by atoms with Gasteiger partial charge in [-0.05, 0) is 36.4 Å². The van der Waals surface area contributed by atoms with E-state index >= 15 is 0 Å². The predicted octanol–water partition coefficient (Wildman–Crippen LogP) is 3.41. The maximum absolute atomic E-state index is 10.6. The van der Waals surface area contributed by atoms with Gasteiger partial charge in [0.05, 0.1) is 30.3 Å². The number of methoxy groups -OCH3 is 1. The van der Waals surface area contributed by atoms with Gasteiger partial charge in [0.25, 0.3) is 0 Å². The molecule has 0 atom stereocenters. The number of nitrogens with one attached hydrogen (secondary N) is 1. The molecule has 0 spiro atoms. The number of imidazole rings is 1. The Morgan fingerprint density at radius 1 is 1.14 bits per heavy atom. The zero-order chi connectivity index (χ0) is 20.0. The number of rotatable bonds is 4. The molecule has 0 radical (unpaired) electrons. The van der Waals surface area contributed by atoms with Crippen molar-refractivity contribution in [2.45, 2.75) is 0 Å². The van der Waals surface area contributed by atoms with Crippen molar-refractivity contribution >= 4 is 33.8 Å². The quantitative estimate of drug-likeness (QED) is 0.729. The Hall–Kier alpha value is -3.48.